The van der Waals surface area contributed by atoms with E-state index in [4.69, 9.17) is 11.6 Å². The third kappa shape index (κ3) is 6.72. The van der Waals surface area contributed by atoms with Gasteiger partial charge in [0.05, 0.1) is 16.9 Å². The molecule has 1 fully saturated rings. The topological polar surface area (TPSA) is 119 Å². The summed E-state index contributed by atoms with van der Waals surface area (Å²) in [6.07, 6.45) is 4.86. The molecule has 0 bridgehead atoms. The third-order valence-corrected chi connectivity index (χ3v) is 6.60. The molecule has 194 valence electrons. The van der Waals surface area contributed by atoms with Gasteiger partial charge in [-0.1, -0.05) is 18.0 Å². The number of halogens is 2. The number of nitrogens with one attached hydrogen (secondary N) is 4. The Kier molecular flexibility index (Phi) is 8.52. The van der Waals surface area contributed by atoms with E-state index in [1.807, 2.05) is 0 Å². The van der Waals surface area contributed by atoms with E-state index in [0.717, 1.165) is 31.6 Å². The first-order valence-electron chi connectivity index (χ1n) is 12.1. The number of aromatic amines is 1. The molecule has 1 saturated heterocycles. The summed E-state index contributed by atoms with van der Waals surface area (Å²) in [5.74, 6) is -1.98. The van der Waals surface area contributed by atoms with Gasteiger partial charge in [0.1, 0.15) is 11.5 Å². The summed E-state index contributed by atoms with van der Waals surface area (Å²) in [5.41, 5.74) is 1.09. The Bertz CT molecular complexity index is 1280. The average Bonchev–Trinajstić information content (AvgIpc) is 3.37. The molecule has 0 aliphatic carbocycles. The van der Waals surface area contributed by atoms with Crippen LogP contribution in [0.2, 0.25) is 5.02 Å². The first-order chi connectivity index (χ1) is 17.8. The maximum atomic E-state index is 13.2. The van der Waals surface area contributed by atoms with Crippen molar-refractivity contribution in [2.24, 2.45) is 0 Å². The van der Waals surface area contributed by atoms with Crippen LogP contribution in [0.15, 0.2) is 48.8 Å². The molecule has 1 aliphatic rings. The fourth-order valence-corrected chi connectivity index (χ4v) is 4.48. The molecule has 1 atom stereocenters. The molecule has 0 saturated carbocycles. The number of hydrogen-bond donors (Lipinski definition) is 4. The van der Waals surface area contributed by atoms with E-state index in [9.17, 15) is 18.8 Å². The van der Waals surface area contributed by atoms with Crippen molar-refractivity contribution < 1.29 is 18.8 Å². The number of nitrogens with zero attached hydrogens (tertiary/aromatic N) is 2. The number of piperidine rings is 1. The number of aromatic nitrogens is 2. The van der Waals surface area contributed by atoms with Gasteiger partial charge in [0.15, 0.2) is 5.69 Å². The number of H-pyrrole nitrogens is 1. The van der Waals surface area contributed by atoms with Crippen LogP contribution in [0.3, 0.4) is 0 Å². The lowest BCUT2D eigenvalue weighted by atomic mass is 10.0. The van der Waals surface area contributed by atoms with Gasteiger partial charge in [-0.05, 0) is 68.8 Å². The third-order valence-electron chi connectivity index (χ3n) is 6.28. The minimum Gasteiger partial charge on any atom is -0.349 e. The van der Waals surface area contributed by atoms with Crippen LogP contribution < -0.4 is 16.0 Å². The monoisotopic (exact) mass is 526 g/mol. The zero-order valence-corrected chi connectivity index (χ0v) is 21.1. The molecule has 4 rings (SSSR count). The molecule has 3 amide bonds. The van der Waals surface area contributed by atoms with Crippen molar-refractivity contribution in [2.75, 3.05) is 30.3 Å². The van der Waals surface area contributed by atoms with Gasteiger partial charge in [-0.3, -0.25) is 19.3 Å². The molecular formula is C26H28ClFN6O3. The molecule has 3 aromatic rings. The van der Waals surface area contributed by atoms with Gasteiger partial charge in [0.2, 0.25) is 0 Å². The summed E-state index contributed by atoms with van der Waals surface area (Å²) in [6.45, 7) is 4.44. The quantitative estimate of drug-likeness (QED) is 0.349. The van der Waals surface area contributed by atoms with Gasteiger partial charge >= 0.3 is 0 Å². The summed E-state index contributed by atoms with van der Waals surface area (Å²) >= 11 is 5.94. The van der Waals surface area contributed by atoms with Crippen LogP contribution in [0, 0.1) is 5.82 Å². The van der Waals surface area contributed by atoms with E-state index < -0.39 is 23.5 Å². The average molecular weight is 527 g/mol. The Morgan fingerprint density at radius 2 is 1.76 bits per heavy atom. The standard InChI is InChI=1S/C26H28ClFN6O3/c1-16-4-2-3-12-34(16)13-11-29-25(36)22-23(31-15-30-22)26(37)33-19-8-6-18(7-9-19)32-24(35)20-10-5-17(28)14-21(20)27/h5-10,14-16H,2-4,11-13H2,1H3,(H,29,36)(H,30,31)(H,32,35)(H,33,37). The Hall–Kier alpha value is -3.76. The molecular weight excluding hydrogens is 499 g/mol. The lowest BCUT2D eigenvalue weighted by molar-refractivity contribution is 0.0922. The van der Waals surface area contributed by atoms with Crippen molar-refractivity contribution in [3.63, 3.8) is 0 Å². The second-order valence-corrected chi connectivity index (χ2v) is 9.28. The number of benzene rings is 2. The Labute approximate surface area is 218 Å². The maximum absolute atomic E-state index is 13.2. The molecule has 0 spiro atoms. The Morgan fingerprint density at radius 3 is 2.43 bits per heavy atom. The molecule has 1 aliphatic heterocycles. The molecule has 37 heavy (non-hydrogen) atoms. The van der Waals surface area contributed by atoms with Crippen LogP contribution in [-0.2, 0) is 0 Å². The van der Waals surface area contributed by atoms with E-state index in [0.29, 0.717) is 24.0 Å². The highest BCUT2D eigenvalue weighted by atomic mass is 35.5. The number of anilines is 2. The van der Waals surface area contributed by atoms with Crippen molar-refractivity contribution in [2.45, 2.75) is 32.2 Å². The highest BCUT2D eigenvalue weighted by Gasteiger charge is 2.22. The molecule has 1 aromatic heterocycles. The fraction of sp³-hybridized carbons (Fsp3) is 0.308. The smallest absolute Gasteiger partial charge is 0.276 e. The predicted octanol–water partition coefficient (Wildman–Crippen LogP) is 4.31. The van der Waals surface area contributed by atoms with Crippen LogP contribution in [0.1, 0.15) is 57.5 Å². The first-order valence-corrected chi connectivity index (χ1v) is 12.4. The van der Waals surface area contributed by atoms with Crippen LogP contribution in [0.25, 0.3) is 0 Å². The van der Waals surface area contributed by atoms with Gasteiger partial charge in [-0.15, -0.1) is 0 Å². The Balaban J connectivity index is 1.31. The van der Waals surface area contributed by atoms with E-state index in [1.165, 1.54) is 25.2 Å². The van der Waals surface area contributed by atoms with Gasteiger partial charge in [0, 0.05) is 30.5 Å². The number of likely N-dealkylation sites (tertiary alicyclic amines) is 1. The SMILES string of the molecule is CC1CCCCN1CCNC(=O)c1[nH]cnc1C(=O)Nc1ccc(NC(=O)c2ccc(F)cc2Cl)cc1. The molecule has 2 aromatic carbocycles. The lowest BCUT2D eigenvalue weighted by Crippen LogP contribution is -2.42. The largest absolute Gasteiger partial charge is 0.349 e. The second-order valence-electron chi connectivity index (χ2n) is 8.87. The van der Waals surface area contributed by atoms with Crippen molar-refractivity contribution >= 4 is 40.7 Å². The molecule has 4 N–H and O–H groups in total. The minimum absolute atomic E-state index is 0.00119. The van der Waals surface area contributed by atoms with Crippen molar-refractivity contribution in [1.29, 1.82) is 0 Å². The lowest BCUT2D eigenvalue weighted by Gasteiger charge is -2.33. The second kappa shape index (κ2) is 12.0. The molecule has 9 nitrogen and oxygen atoms in total. The molecule has 0 radical (unpaired) electrons. The van der Waals surface area contributed by atoms with Crippen LogP contribution in [0.5, 0.6) is 0 Å². The number of imidazole rings is 1. The maximum Gasteiger partial charge on any atom is 0.276 e. The number of carbonyl (C=O) groups excluding carboxylic acids is 3. The number of rotatable bonds is 8. The number of carbonyl (C=O) groups is 3. The van der Waals surface area contributed by atoms with Gasteiger partial charge in [-0.25, -0.2) is 9.37 Å². The zero-order valence-electron chi connectivity index (χ0n) is 20.3. The number of amides is 3. The zero-order chi connectivity index (χ0) is 26.4. The summed E-state index contributed by atoms with van der Waals surface area (Å²) in [7, 11) is 0. The van der Waals surface area contributed by atoms with Gasteiger partial charge < -0.3 is 20.9 Å². The molecule has 1 unspecified atom stereocenters. The van der Waals surface area contributed by atoms with Crippen molar-refractivity contribution in [3.8, 4) is 0 Å². The van der Waals surface area contributed by atoms with Crippen LogP contribution >= 0.6 is 11.6 Å². The van der Waals surface area contributed by atoms with Crippen LogP contribution in [0.4, 0.5) is 15.8 Å². The van der Waals surface area contributed by atoms with Crippen molar-refractivity contribution in [3.05, 3.63) is 76.6 Å². The van der Waals surface area contributed by atoms with Gasteiger partial charge in [-0.2, -0.15) is 0 Å². The summed E-state index contributed by atoms with van der Waals surface area (Å²) < 4.78 is 13.2. The summed E-state index contributed by atoms with van der Waals surface area (Å²) in [6, 6.07) is 10.4. The molecule has 2 heterocycles. The predicted molar refractivity (Wildman–Crippen MR) is 140 cm³/mol. The van der Waals surface area contributed by atoms with E-state index in [2.05, 4.69) is 37.7 Å². The van der Waals surface area contributed by atoms with E-state index in [-0.39, 0.29) is 22.0 Å². The normalized spacial score (nSPS) is 15.7. The van der Waals surface area contributed by atoms with E-state index in [1.54, 1.807) is 24.3 Å². The highest BCUT2D eigenvalue weighted by molar-refractivity contribution is 6.34. The highest BCUT2D eigenvalue weighted by Crippen LogP contribution is 2.20. The van der Waals surface area contributed by atoms with Crippen LogP contribution in [-0.4, -0.2) is 58.3 Å². The first kappa shape index (κ1) is 26.3. The van der Waals surface area contributed by atoms with E-state index >= 15 is 0 Å². The minimum atomic E-state index is -0.550. The van der Waals surface area contributed by atoms with Gasteiger partial charge in [0.25, 0.3) is 17.7 Å². The summed E-state index contributed by atoms with van der Waals surface area (Å²) in [5, 5.41) is 8.22. The fourth-order valence-electron chi connectivity index (χ4n) is 4.23. The van der Waals surface area contributed by atoms with Crippen molar-refractivity contribution in [1.82, 2.24) is 20.2 Å². The summed E-state index contributed by atoms with van der Waals surface area (Å²) in [4.78, 5) is 47.0. The Morgan fingerprint density at radius 1 is 1.05 bits per heavy atom. The number of hydrogen-bond acceptors (Lipinski definition) is 5. The molecule has 11 heteroatoms.